The molecular weight excluding hydrogens is 502 g/mol. The first-order valence-electron chi connectivity index (χ1n) is 11.9. The van der Waals surface area contributed by atoms with Gasteiger partial charge in [-0.05, 0) is 39.0 Å². The molecule has 3 N–H and O–H groups in total. The van der Waals surface area contributed by atoms with Crippen LogP contribution in [0.15, 0.2) is 22.7 Å². The Labute approximate surface area is 217 Å². The Hall–Kier alpha value is -3.16. The van der Waals surface area contributed by atoms with E-state index >= 15 is 0 Å². The van der Waals surface area contributed by atoms with Gasteiger partial charge in [0.15, 0.2) is 5.76 Å². The molecule has 12 nitrogen and oxygen atoms in total. The number of ether oxygens (including phenoxy) is 1. The maximum absolute atomic E-state index is 13.3. The highest BCUT2D eigenvalue weighted by atomic mass is 32.2. The molecular formula is C24H35N5O7S. The number of aliphatic hydroxyl groups excluding tert-OH is 1. The fraction of sp³-hybridized carbons (Fsp3) is 0.542. The summed E-state index contributed by atoms with van der Waals surface area (Å²) in [4.78, 5) is 27.5. The quantitative estimate of drug-likeness (QED) is 0.484. The SMILES string of the molecule is Cc1noc(C)c1NC(=O)Nc1ccc2c(c1)CC(=O)N([C@H](C)CO)C[C@@H](C)[C@@H](CN(C)S(C)(=O)=O)O2. The number of carbonyl (C=O) groups is 2. The number of nitrogens with zero attached hydrogens (tertiary/aromatic N) is 3. The first-order valence-corrected chi connectivity index (χ1v) is 13.8. The van der Waals surface area contributed by atoms with E-state index < -0.39 is 28.2 Å². The molecule has 1 aliphatic rings. The molecule has 0 bridgehead atoms. The Balaban J connectivity index is 1.91. The molecule has 1 aromatic carbocycles. The average Bonchev–Trinajstić information content (AvgIpc) is 3.15. The molecule has 3 amide bonds. The lowest BCUT2D eigenvalue weighted by molar-refractivity contribution is -0.134. The zero-order chi connectivity index (χ0) is 27.5. The summed E-state index contributed by atoms with van der Waals surface area (Å²) < 4.78 is 36.7. The summed E-state index contributed by atoms with van der Waals surface area (Å²) in [5, 5.41) is 19.0. The zero-order valence-electron chi connectivity index (χ0n) is 21.9. The summed E-state index contributed by atoms with van der Waals surface area (Å²) in [5.41, 5.74) is 1.97. The molecule has 0 aliphatic carbocycles. The lowest BCUT2D eigenvalue weighted by Crippen LogP contribution is -2.48. The second-order valence-corrected chi connectivity index (χ2v) is 11.6. The predicted octanol–water partition coefficient (Wildman–Crippen LogP) is 1.98. The number of urea groups is 1. The molecule has 2 heterocycles. The molecule has 0 saturated heterocycles. The number of hydrogen-bond donors (Lipinski definition) is 3. The van der Waals surface area contributed by atoms with Crippen LogP contribution in [0.5, 0.6) is 5.75 Å². The van der Waals surface area contributed by atoms with Crippen molar-refractivity contribution < 1.29 is 32.4 Å². The minimum atomic E-state index is -3.46. The number of nitrogens with one attached hydrogen (secondary N) is 2. The number of amides is 3. The Bertz CT molecular complexity index is 1230. The van der Waals surface area contributed by atoms with Gasteiger partial charge in [0, 0.05) is 30.8 Å². The van der Waals surface area contributed by atoms with E-state index in [4.69, 9.17) is 9.26 Å². The standard InChI is InChI=1S/C24H35N5O7S/c1-14-11-29(15(2)13-30)22(31)10-18-9-19(25-24(32)26-23-16(3)27-36-17(23)4)7-8-20(18)35-21(14)12-28(5)37(6,33)34/h7-9,14-15,21,30H,10-13H2,1-6H3,(H2,25,26,32)/t14-,15-,21-/m1/s1. The number of anilines is 2. The van der Waals surface area contributed by atoms with Crippen LogP contribution < -0.4 is 15.4 Å². The summed E-state index contributed by atoms with van der Waals surface area (Å²) >= 11 is 0. The van der Waals surface area contributed by atoms with E-state index in [1.165, 1.54) is 11.4 Å². The van der Waals surface area contributed by atoms with Crippen molar-refractivity contribution in [2.45, 2.75) is 46.3 Å². The van der Waals surface area contributed by atoms with Crippen molar-refractivity contribution in [3.63, 3.8) is 0 Å². The summed E-state index contributed by atoms with van der Waals surface area (Å²) in [6.07, 6.45) is 0.525. The van der Waals surface area contributed by atoms with Crippen molar-refractivity contribution in [3.8, 4) is 5.75 Å². The second-order valence-electron chi connectivity index (χ2n) is 9.53. The number of sulfonamides is 1. The van der Waals surface area contributed by atoms with Crippen LogP contribution in [-0.4, -0.2) is 85.0 Å². The number of aliphatic hydroxyl groups is 1. The molecule has 1 aromatic heterocycles. The molecule has 0 radical (unpaired) electrons. The van der Waals surface area contributed by atoms with Gasteiger partial charge in [-0.2, -0.15) is 0 Å². The van der Waals surface area contributed by atoms with Crippen LogP contribution in [0, 0.1) is 19.8 Å². The topological polar surface area (TPSA) is 154 Å². The van der Waals surface area contributed by atoms with Crippen molar-refractivity contribution in [2.75, 3.05) is 43.6 Å². The minimum Gasteiger partial charge on any atom is -0.488 e. The molecule has 0 fully saturated rings. The molecule has 0 saturated carbocycles. The van der Waals surface area contributed by atoms with Crippen LogP contribution in [0.4, 0.5) is 16.2 Å². The molecule has 13 heteroatoms. The Morgan fingerprint density at radius 1 is 1.32 bits per heavy atom. The maximum atomic E-state index is 13.3. The van der Waals surface area contributed by atoms with E-state index in [-0.39, 0.29) is 37.9 Å². The molecule has 0 unspecified atom stereocenters. The number of rotatable bonds is 7. The van der Waals surface area contributed by atoms with Gasteiger partial charge in [-0.3, -0.25) is 4.79 Å². The van der Waals surface area contributed by atoms with Gasteiger partial charge in [0.25, 0.3) is 0 Å². The summed E-state index contributed by atoms with van der Waals surface area (Å²) in [7, 11) is -1.98. The largest absolute Gasteiger partial charge is 0.488 e. The van der Waals surface area contributed by atoms with E-state index in [1.807, 2.05) is 6.92 Å². The lowest BCUT2D eigenvalue weighted by atomic mass is 10.0. The van der Waals surface area contributed by atoms with Gasteiger partial charge in [-0.25, -0.2) is 17.5 Å². The molecule has 2 aromatic rings. The van der Waals surface area contributed by atoms with Crippen LogP contribution in [0.1, 0.15) is 30.9 Å². The summed E-state index contributed by atoms with van der Waals surface area (Å²) in [6, 6.07) is 3.99. The molecule has 0 spiro atoms. The van der Waals surface area contributed by atoms with Crippen molar-refractivity contribution in [2.24, 2.45) is 5.92 Å². The van der Waals surface area contributed by atoms with Crippen molar-refractivity contribution in [1.82, 2.24) is 14.4 Å². The van der Waals surface area contributed by atoms with E-state index in [0.29, 0.717) is 34.1 Å². The molecule has 3 rings (SSSR count). The fourth-order valence-electron chi connectivity index (χ4n) is 4.05. The summed E-state index contributed by atoms with van der Waals surface area (Å²) in [5.74, 6) is 0.431. The van der Waals surface area contributed by atoms with Crippen molar-refractivity contribution >= 4 is 33.3 Å². The number of hydrogen-bond acceptors (Lipinski definition) is 8. The third-order valence-electron chi connectivity index (χ3n) is 6.45. The predicted molar refractivity (Wildman–Crippen MR) is 138 cm³/mol. The number of aryl methyl sites for hydroxylation is 2. The van der Waals surface area contributed by atoms with E-state index in [1.54, 1.807) is 43.9 Å². The minimum absolute atomic E-state index is 0.0258. The third kappa shape index (κ3) is 6.99. The first-order chi connectivity index (χ1) is 17.3. The van der Waals surface area contributed by atoms with Gasteiger partial charge in [0.05, 0.1) is 31.9 Å². The van der Waals surface area contributed by atoms with Crippen LogP contribution in [0.25, 0.3) is 0 Å². The number of fused-ring (bicyclic) bond motifs is 1. The van der Waals surface area contributed by atoms with Gasteiger partial charge < -0.3 is 29.9 Å². The van der Waals surface area contributed by atoms with Crippen LogP contribution in [0.3, 0.4) is 0 Å². The van der Waals surface area contributed by atoms with Crippen LogP contribution >= 0.6 is 0 Å². The van der Waals surface area contributed by atoms with E-state index in [2.05, 4.69) is 15.8 Å². The van der Waals surface area contributed by atoms with Crippen molar-refractivity contribution in [1.29, 1.82) is 0 Å². The Morgan fingerprint density at radius 2 is 2.03 bits per heavy atom. The highest BCUT2D eigenvalue weighted by Crippen LogP contribution is 2.29. The Kier molecular flexibility index (Phi) is 8.82. The van der Waals surface area contributed by atoms with E-state index in [0.717, 1.165) is 6.26 Å². The number of likely N-dealkylation sites (N-methyl/N-ethyl adjacent to an activating group) is 1. The van der Waals surface area contributed by atoms with Crippen LogP contribution in [0.2, 0.25) is 0 Å². The number of carbonyl (C=O) groups excluding carboxylic acids is 2. The van der Waals surface area contributed by atoms with Gasteiger partial charge in [0.1, 0.15) is 23.2 Å². The molecule has 1 aliphatic heterocycles. The Morgan fingerprint density at radius 3 is 2.62 bits per heavy atom. The first kappa shape index (κ1) is 28.4. The zero-order valence-corrected chi connectivity index (χ0v) is 22.8. The average molecular weight is 538 g/mol. The third-order valence-corrected chi connectivity index (χ3v) is 7.73. The number of aromatic nitrogens is 1. The second kappa shape index (κ2) is 11.5. The highest BCUT2D eigenvalue weighted by molar-refractivity contribution is 7.88. The van der Waals surface area contributed by atoms with Gasteiger partial charge in [0.2, 0.25) is 15.9 Å². The van der Waals surface area contributed by atoms with Crippen molar-refractivity contribution in [3.05, 3.63) is 35.2 Å². The molecule has 37 heavy (non-hydrogen) atoms. The van der Waals surface area contributed by atoms with Gasteiger partial charge >= 0.3 is 6.03 Å². The number of benzene rings is 1. The van der Waals surface area contributed by atoms with Crippen LogP contribution in [-0.2, 0) is 21.2 Å². The highest BCUT2D eigenvalue weighted by Gasteiger charge is 2.32. The summed E-state index contributed by atoms with van der Waals surface area (Å²) in [6.45, 7) is 7.16. The molecule has 3 atom stereocenters. The fourth-order valence-corrected chi connectivity index (χ4v) is 4.47. The molecule has 204 valence electrons. The lowest BCUT2D eigenvalue weighted by Gasteiger charge is -2.33. The smallest absolute Gasteiger partial charge is 0.323 e. The van der Waals surface area contributed by atoms with Gasteiger partial charge in [-0.15, -0.1) is 0 Å². The normalized spacial score (nSPS) is 19.4. The van der Waals surface area contributed by atoms with E-state index in [9.17, 15) is 23.1 Å². The van der Waals surface area contributed by atoms with Gasteiger partial charge in [-0.1, -0.05) is 12.1 Å². The monoisotopic (exact) mass is 537 g/mol. The maximum Gasteiger partial charge on any atom is 0.323 e.